The van der Waals surface area contributed by atoms with E-state index in [9.17, 15) is 10.2 Å². The number of aromatic hydroxyl groups is 1. The Hall–Kier alpha value is -4.77. The van der Waals surface area contributed by atoms with Gasteiger partial charge in [-0.05, 0) is 192 Å². The Kier molecular flexibility index (Phi) is 18.3. The number of nitrogens with zero attached hydrogens (tertiary/aromatic N) is 6. The molecule has 3 aromatic carbocycles. The number of aliphatic hydroxyl groups is 1. The lowest BCUT2D eigenvalue weighted by molar-refractivity contribution is 0.181. The number of piperidine rings is 3. The number of hydrogen-bond donors (Lipinski definition) is 2. The summed E-state index contributed by atoms with van der Waals surface area (Å²) >= 11 is 0. The number of methoxy groups -OCH3 is 4. The molecule has 6 heterocycles. The van der Waals surface area contributed by atoms with E-state index in [0.29, 0.717) is 41.3 Å². The van der Waals surface area contributed by atoms with E-state index in [1.807, 2.05) is 30.3 Å². The molecule has 15 heteroatoms. The van der Waals surface area contributed by atoms with Crippen LogP contribution in [0.15, 0.2) is 50.0 Å². The van der Waals surface area contributed by atoms with Gasteiger partial charge in [0, 0.05) is 30.4 Å². The zero-order valence-corrected chi connectivity index (χ0v) is 41.0. The first-order chi connectivity index (χ1) is 32.6. The first-order valence-electron chi connectivity index (χ1n) is 24.3. The molecule has 0 bridgehead atoms. The van der Waals surface area contributed by atoms with Gasteiger partial charge >= 0.3 is 0 Å². The average molecular weight is 927 g/mol. The van der Waals surface area contributed by atoms with Gasteiger partial charge < -0.3 is 57.4 Å². The van der Waals surface area contributed by atoms with Crippen molar-refractivity contribution in [3.05, 3.63) is 70.2 Å². The van der Waals surface area contributed by atoms with Crippen molar-refractivity contribution in [1.29, 1.82) is 0 Å². The fraction of sp³-hybridized carbons (Fsp3) is 0.596. The molecule has 0 atom stereocenters. The van der Waals surface area contributed by atoms with Crippen molar-refractivity contribution in [2.24, 2.45) is 17.8 Å². The number of phenolic OH excluding ortho intramolecular Hbond substituents is 1. The van der Waals surface area contributed by atoms with Gasteiger partial charge in [0.2, 0.25) is 0 Å². The molecule has 366 valence electrons. The van der Waals surface area contributed by atoms with Crippen LogP contribution in [0.4, 0.5) is 0 Å². The summed E-state index contributed by atoms with van der Waals surface area (Å²) < 4.78 is 37.7. The van der Waals surface area contributed by atoms with Crippen LogP contribution in [-0.2, 0) is 48.6 Å². The monoisotopic (exact) mass is 927 g/mol. The summed E-state index contributed by atoms with van der Waals surface area (Å²) in [7, 11) is 13.1. The quantitative estimate of drug-likeness (QED) is 0.0945. The van der Waals surface area contributed by atoms with Crippen molar-refractivity contribution in [3.63, 3.8) is 0 Å². The van der Waals surface area contributed by atoms with Crippen LogP contribution in [0.25, 0.3) is 32.9 Å². The predicted octanol–water partition coefficient (Wildman–Crippen LogP) is 8.81. The molecular weight excluding hydrogens is 853 g/mol. The highest BCUT2D eigenvalue weighted by Crippen LogP contribution is 2.35. The summed E-state index contributed by atoms with van der Waals surface area (Å²) in [6.45, 7) is 7.86. The van der Waals surface area contributed by atoms with E-state index in [0.717, 1.165) is 100.0 Å². The highest BCUT2D eigenvalue weighted by Gasteiger charge is 2.23. The Labute approximate surface area is 395 Å². The van der Waals surface area contributed by atoms with Crippen molar-refractivity contribution in [1.82, 2.24) is 30.2 Å². The lowest BCUT2D eigenvalue weighted by Gasteiger charge is -2.28. The molecule has 9 rings (SSSR count). The van der Waals surface area contributed by atoms with E-state index in [4.69, 9.17) is 32.5 Å². The van der Waals surface area contributed by atoms with Gasteiger partial charge in [0.15, 0.2) is 16.7 Å². The minimum absolute atomic E-state index is 0.107. The van der Waals surface area contributed by atoms with E-state index in [1.165, 1.54) is 84.2 Å². The number of fused-ring (bicyclic) bond motifs is 3. The summed E-state index contributed by atoms with van der Waals surface area (Å²) in [6.07, 6.45) is 13.9. The van der Waals surface area contributed by atoms with Crippen molar-refractivity contribution in [3.8, 4) is 17.2 Å². The first kappa shape index (κ1) is 50.1. The number of phenols is 1. The van der Waals surface area contributed by atoms with Crippen LogP contribution in [0, 0.1) is 17.8 Å². The lowest BCUT2D eigenvalue weighted by Crippen LogP contribution is -2.30. The van der Waals surface area contributed by atoms with Gasteiger partial charge in [-0.2, -0.15) is 0 Å². The summed E-state index contributed by atoms with van der Waals surface area (Å²) in [4.78, 5) is 7.19. The van der Waals surface area contributed by atoms with Crippen LogP contribution in [0.1, 0.15) is 91.6 Å². The third-order valence-electron chi connectivity index (χ3n) is 14.4. The van der Waals surface area contributed by atoms with Gasteiger partial charge in [-0.3, -0.25) is 0 Å². The lowest BCUT2D eigenvalue weighted by atomic mass is 9.91. The second-order valence-corrected chi connectivity index (χ2v) is 19.0. The largest absolute Gasteiger partial charge is 0.507 e. The number of hydrogen-bond acceptors (Lipinski definition) is 15. The van der Waals surface area contributed by atoms with Gasteiger partial charge in [-0.1, -0.05) is 15.5 Å². The zero-order valence-electron chi connectivity index (χ0n) is 41.0. The molecule has 15 nitrogen and oxygen atoms in total. The minimum atomic E-state index is -0.107. The zero-order chi connectivity index (χ0) is 47.3. The molecule has 3 aliphatic heterocycles. The molecule has 0 aliphatic carbocycles. The van der Waals surface area contributed by atoms with E-state index in [-0.39, 0.29) is 12.4 Å². The summed E-state index contributed by atoms with van der Waals surface area (Å²) in [5, 5.41) is 35.3. The van der Waals surface area contributed by atoms with E-state index < -0.39 is 0 Å². The van der Waals surface area contributed by atoms with Gasteiger partial charge in [0.05, 0.1) is 67.8 Å². The van der Waals surface area contributed by atoms with Gasteiger partial charge in [0.25, 0.3) is 0 Å². The van der Waals surface area contributed by atoms with Crippen LogP contribution in [-0.4, -0.2) is 129 Å². The molecule has 3 saturated heterocycles. The predicted molar refractivity (Wildman–Crippen MR) is 260 cm³/mol. The van der Waals surface area contributed by atoms with E-state index >= 15 is 0 Å². The normalized spacial score (nSPS) is 17.2. The Bertz CT molecular complexity index is 2440. The third kappa shape index (κ3) is 12.7. The molecular formula is C52H74N6O9. The fourth-order valence-electron chi connectivity index (χ4n) is 9.99. The molecule has 2 N–H and O–H groups in total. The Morgan fingerprint density at radius 1 is 0.507 bits per heavy atom. The van der Waals surface area contributed by atoms with Crippen LogP contribution in [0.3, 0.4) is 0 Å². The number of rotatable bonds is 16. The number of aryl methyl sites for hydroxylation is 3. The molecule has 3 fully saturated rings. The molecule has 3 aromatic heterocycles. The summed E-state index contributed by atoms with van der Waals surface area (Å²) in [5.41, 5.74) is 7.43. The second-order valence-electron chi connectivity index (χ2n) is 19.0. The maximum Gasteiger partial charge on any atom is 0.176 e. The van der Waals surface area contributed by atoms with Gasteiger partial charge in [0.1, 0.15) is 17.2 Å². The fourth-order valence-corrected chi connectivity index (χ4v) is 9.99. The standard InChI is InChI=1S/C18H26N2O3.2C17H24N2O3/c1-20-10-8-13(9-11-20)4-6-16-14-5-7-17(22-3)15(12-21-2)18(14)23-19-16;1-19-9-7-12(8-10-19)3-5-15-13-4-6-16(20)14(11-21-2)17(13)22-18-15;1-19-9-7-12(8-10-19)3-5-15-13-4-6-16(21-2)14(11-20)17(13)22-18-15/h5,7,13H,4,6,8-12H2,1-3H3;2*4,6,12,20H,3,5,7-11H2,1-2H3. The van der Waals surface area contributed by atoms with Crippen LogP contribution < -0.4 is 9.47 Å². The smallest absolute Gasteiger partial charge is 0.176 e. The molecule has 67 heavy (non-hydrogen) atoms. The van der Waals surface area contributed by atoms with Crippen LogP contribution >= 0.6 is 0 Å². The topological polar surface area (TPSA) is 165 Å². The van der Waals surface area contributed by atoms with Gasteiger partial charge in [-0.25, -0.2) is 0 Å². The maximum atomic E-state index is 9.94. The molecule has 3 aliphatic rings. The maximum absolute atomic E-state index is 9.94. The second kappa shape index (κ2) is 24.5. The molecule has 0 radical (unpaired) electrons. The number of benzene rings is 3. The minimum Gasteiger partial charge on any atom is -0.507 e. The average Bonchev–Trinajstić information content (AvgIpc) is 4.09. The highest BCUT2D eigenvalue weighted by atomic mass is 16.5. The van der Waals surface area contributed by atoms with Crippen molar-refractivity contribution in [2.45, 2.75) is 96.9 Å². The molecule has 0 amide bonds. The molecule has 0 saturated carbocycles. The van der Waals surface area contributed by atoms with Crippen molar-refractivity contribution < 1.29 is 42.7 Å². The molecule has 0 spiro atoms. The van der Waals surface area contributed by atoms with Crippen LogP contribution in [0.5, 0.6) is 17.2 Å². The van der Waals surface area contributed by atoms with Crippen molar-refractivity contribution >= 4 is 32.9 Å². The number of aromatic nitrogens is 3. The summed E-state index contributed by atoms with van der Waals surface area (Å²) in [6, 6.07) is 11.5. The van der Waals surface area contributed by atoms with Gasteiger partial charge in [-0.15, -0.1) is 0 Å². The van der Waals surface area contributed by atoms with Crippen molar-refractivity contribution in [2.75, 3.05) is 88.9 Å². The Morgan fingerprint density at radius 2 is 0.851 bits per heavy atom. The van der Waals surface area contributed by atoms with E-state index in [2.05, 4.69) is 51.3 Å². The Balaban J connectivity index is 0.000000149. The van der Waals surface area contributed by atoms with Crippen LogP contribution in [0.2, 0.25) is 0 Å². The third-order valence-corrected chi connectivity index (χ3v) is 14.4. The summed E-state index contributed by atoms with van der Waals surface area (Å²) in [5.74, 6) is 3.99. The number of aliphatic hydroxyl groups excluding tert-OH is 1. The highest BCUT2D eigenvalue weighted by molar-refractivity contribution is 5.86. The van der Waals surface area contributed by atoms with E-state index in [1.54, 1.807) is 34.5 Å². The number of ether oxygens (including phenoxy) is 4. The Morgan fingerprint density at radius 3 is 1.22 bits per heavy atom. The number of likely N-dealkylation sites (tertiary alicyclic amines) is 3. The molecule has 0 unspecified atom stereocenters. The SMILES string of the molecule is COCc1c(O)ccc2c(CCC3CCN(C)CC3)noc12.COCc1c(OC)ccc2c(CCC3CCN(C)CC3)noc12.COc1ccc2c(CCC3CCN(C)CC3)noc2c1CO. The first-order valence-corrected chi connectivity index (χ1v) is 24.3. The molecule has 6 aromatic rings.